The van der Waals surface area contributed by atoms with Crippen LogP contribution in [0.4, 0.5) is 0 Å². The summed E-state index contributed by atoms with van der Waals surface area (Å²) >= 11 is 7.35. The number of rotatable bonds is 4. The first-order valence-corrected chi connectivity index (χ1v) is 8.35. The maximum atomic E-state index is 10.9. The van der Waals surface area contributed by atoms with Gasteiger partial charge in [0.1, 0.15) is 16.4 Å². The van der Waals surface area contributed by atoms with Crippen molar-refractivity contribution in [3.05, 3.63) is 69.5 Å². The molecule has 0 spiro atoms. The van der Waals surface area contributed by atoms with Crippen molar-refractivity contribution >= 4 is 22.9 Å². The number of methoxy groups -OCH3 is 1. The normalized spacial score (nSPS) is 13.6. The fourth-order valence-electron chi connectivity index (χ4n) is 2.29. The Labute approximate surface area is 144 Å². The molecule has 3 rings (SSSR count). The lowest BCUT2D eigenvalue weighted by atomic mass is 9.96. The van der Waals surface area contributed by atoms with E-state index in [1.54, 1.807) is 14.0 Å². The first kappa shape index (κ1) is 16.0. The SMILES string of the molecule is COc1ccc(C(C)(O)c2nc(-c3ccc(Cl)cc3)cs2)cc1. The van der Waals surface area contributed by atoms with Gasteiger partial charge in [0.15, 0.2) is 0 Å². The summed E-state index contributed by atoms with van der Waals surface area (Å²) in [5.74, 6) is 0.755. The van der Waals surface area contributed by atoms with Crippen molar-refractivity contribution in [1.82, 2.24) is 4.98 Å². The number of halogens is 1. The minimum atomic E-state index is -1.15. The van der Waals surface area contributed by atoms with Crippen LogP contribution in [0.25, 0.3) is 11.3 Å². The molecule has 0 saturated heterocycles. The molecule has 23 heavy (non-hydrogen) atoms. The fraction of sp³-hybridized carbons (Fsp3) is 0.167. The smallest absolute Gasteiger partial charge is 0.138 e. The zero-order valence-corrected chi connectivity index (χ0v) is 14.4. The van der Waals surface area contributed by atoms with E-state index in [9.17, 15) is 5.11 Å². The summed E-state index contributed by atoms with van der Waals surface area (Å²) in [5.41, 5.74) is 1.43. The number of benzene rings is 2. The third-order valence-corrected chi connectivity index (χ3v) is 5.02. The van der Waals surface area contributed by atoms with Gasteiger partial charge in [-0.3, -0.25) is 0 Å². The Balaban J connectivity index is 1.92. The van der Waals surface area contributed by atoms with E-state index < -0.39 is 5.60 Å². The van der Waals surface area contributed by atoms with Crippen LogP contribution in [0.2, 0.25) is 5.02 Å². The molecule has 1 heterocycles. The van der Waals surface area contributed by atoms with E-state index in [4.69, 9.17) is 16.3 Å². The van der Waals surface area contributed by atoms with Crippen molar-refractivity contribution in [2.45, 2.75) is 12.5 Å². The molecule has 0 amide bonds. The van der Waals surface area contributed by atoms with E-state index >= 15 is 0 Å². The number of hydrogen-bond donors (Lipinski definition) is 1. The minimum Gasteiger partial charge on any atom is -0.497 e. The molecule has 0 fully saturated rings. The zero-order chi connectivity index (χ0) is 16.4. The molecule has 0 aliphatic carbocycles. The molecule has 3 aromatic rings. The summed E-state index contributed by atoms with van der Waals surface area (Å²) in [4.78, 5) is 4.59. The molecule has 2 aromatic carbocycles. The molecule has 118 valence electrons. The maximum absolute atomic E-state index is 10.9. The second-order valence-corrected chi connectivity index (χ2v) is 6.64. The van der Waals surface area contributed by atoms with E-state index in [2.05, 4.69) is 4.98 Å². The summed E-state index contributed by atoms with van der Waals surface area (Å²) in [6.45, 7) is 1.75. The standard InChI is InChI=1S/C18H16ClNO2S/c1-18(21,13-5-9-15(22-2)10-6-13)17-20-16(11-23-17)12-3-7-14(19)8-4-12/h3-11,21H,1-2H3. The van der Waals surface area contributed by atoms with E-state index in [0.717, 1.165) is 22.6 Å². The molecule has 1 aromatic heterocycles. The highest BCUT2D eigenvalue weighted by Gasteiger charge is 2.29. The van der Waals surface area contributed by atoms with Crippen molar-refractivity contribution in [1.29, 1.82) is 0 Å². The van der Waals surface area contributed by atoms with Gasteiger partial charge in [-0.2, -0.15) is 0 Å². The summed E-state index contributed by atoms with van der Waals surface area (Å²) in [6.07, 6.45) is 0. The molecule has 0 aliphatic rings. The van der Waals surface area contributed by atoms with E-state index in [0.29, 0.717) is 10.0 Å². The van der Waals surface area contributed by atoms with Crippen LogP contribution in [0.5, 0.6) is 5.75 Å². The van der Waals surface area contributed by atoms with Crippen LogP contribution in [0.15, 0.2) is 53.9 Å². The third-order valence-electron chi connectivity index (χ3n) is 3.71. The van der Waals surface area contributed by atoms with Gasteiger partial charge in [0.25, 0.3) is 0 Å². The Hall–Kier alpha value is -1.88. The number of ether oxygens (including phenoxy) is 1. The monoisotopic (exact) mass is 345 g/mol. The predicted molar refractivity (Wildman–Crippen MR) is 94.2 cm³/mol. The van der Waals surface area contributed by atoms with Gasteiger partial charge in [0.05, 0.1) is 12.8 Å². The average molecular weight is 346 g/mol. The van der Waals surface area contributed by atoms with Crippen molar-refractivity contribution < 1.29 is 9.84 Å². The molecule has 3 nitrogen and oxygen atoms in total. The number of aromatic nitrogens is 1. The molecule has 0 saturated carbocycles. The summed E-state index contributed by atoms with van der Waals surface area (Å²) < 4.78 is 5.15. The van der Waals surface area contributed by atoms with Gasteiger partial charge in [-0.1, -0.05) is 35.9 Å². The summed E-state index contributed by atoms with van der Waals surface area (Å²) in [7, 11) is 1.62. The molecule has 5 heteroatoms. The Morgan fingerprint density at radius 1 is 1.09 bits per heavy atom. The average Bonchev–Trinajstić information content (AvgIpc) is 3.06. The largest absolute Gasteiger partial charge is 0.497 e. The van der Waals surface area contributed by atoms with Crippen LogP contribution in [0.1, 0.15) is 17.5 Å². The molecule has 0 bridgehead atoms. The van der Waals surface area contributed by atoms with Gasteiger partial charge in [-0.25, -0.2) is 4.98 Å². The van der Waals surface area contributed by atoms with Crippen molar-refractivity contribution in [3.63, 3.8) is 0 Å². The van der Waals surface area contributed by atoms with Crippen LogP contribution >= 0.6 is 22.9 Å². The Kier molecular flexibility index (Phi) is 4.39. The first-order valence-electron chi connectivity index (χ1n) is 7.09. The molecule has 1 N–H and O–H groups in total. The number of aliphatic hydroxyl groups is 1. The van der Waals surface area contributed by atoms with Gasteiger partial charge in [-0.15, -0.1) is 11.3 Å². The van der Waals surface area contributed by atoms with Crippen LogP contribution in [0, 0.1) is 0 Å². The van der Waals surface area contributed by atoms with Crippen LogP contribution in [-0.4, -0.2) is 17.2 Å². The van der Waals surface area contributed by atoms with Crippen molar-refractivity contribution in [2.75, 3.05) is 7.11 Å². The number of thiazole rings is 1. The predicted octanol–water partition coefficient (Wildman–Crippen LogP) is 4.73. The lowest BCUT2D eigenvalue weighted by Crippen LogP contribution is -2.22. The molecule has 0 aliphatic heterocycles. The van der Waals surface area contributed by atoms with Gasteiger partial charge in [0, 0.05) is 16.0 Å². The quantitative estimate of drug-likeness (QED) is 0.743. The van der Waals surface area contributed by atoms with Crippen molar-refractivity contribution in [3.8, 4) is 17.0 Å². The van der Waals surface area contributed by atoms with Gasteiger partial charge < -0.3 is 9.84 Å². The molecule has 1 atom stereocenters. The Bertz CT molecular complexity index is 795. The number of nitrogens with zero attached hydrogens (tertiary/aromatic N) is 1. The first-order chi connectivity index (χ1) is 11.0. The van der Waals surface area contributed by atoms with Gasteiger partial charge in [-0.05, 0) is 36.8 Å². The van der Waals surface area contributed by atoms with Gasteiger partial charge >= 0.3 is 0 Å². The van der Waals surface area contributed by atoms with Gasteiger partial charge in [0.2, 0.25) is 0 Å². The topological polar surface area (TPSA) is 42.4 Å². The third kappa shape index (κ3) is 3.24. The van der Waals surface area contributed by atoms with Crippen molar-refractivity contribution in [2.24, 2.45) is 0 Å². The highest BCUT2D eigenvalue weighted by molar-refractivity contribution is 7.10. The van der Waals surface area contributed by atoms with Crippen LogP contribution in [-0.2, 0) is 5.60 Å². The van der Waals surface area contributed by atoms with E-state index in [1.807, 2.05) is 53.9 Å². The fourth-order valence-corrected chi connectivity index (χ4v) is 3.33. The maximum Gasteiger partial charge on any atom is 0.138 e. The van der Waals surface area contributed by atoms with E-state index in [-0.39, 0.29) is 0 Å². The van der Waals surface area contributed by atoms with E-state index in [1.165, 1.54) is 11.3 Å². The lowest BCUT2D eigenvalue weighted by molar-refractivity contribution is 0.102. The van der Waals surface area contributed by atoms with Crippen LogP contribution < -0.4 is 4.74 Å². The Morgan fingerprint density at radius 2 is 1.74 bits per heavy atom. The summed E-state index contributed by atoms with van der Waals surface area (Å²) in [6, 6.07) is 14.9. The summed E-state index contributed by atoms with van der Waals surface area (Å²) in [5, 5.41) is 14.2. The van der Waals surface area contributed by atoms with Crippen LogP contribution in [0.3, 0.4) is 0 Å². The minimum absolute atomic E-state index is 0.646. The molecule has 0 radical (unpaired) electrons. The molecule has 1 unspecified atom stereocenters. The highest BCUT2D eigenvalue weighted by atomic mass is 35.5. The second-order valence-electron chi connectivity index (χ2n) is 5.35. The Morgan fingerprint density at radius 3 is 2.35 bits per heavy atom. The molecular formula is C18H16ClNO2S. The zero-order valence-electron chi connectivity index (χ0n) is 12.8. The molecular weight excluding hydrogens is 330 g/mol. The highest BCUT2D eigenvalue weighted by Crippen LogP contribution is 2.34. The lowest BCUT2D eigenvalue weighted by Gasteiger charge is -2.21. The number of hydrogen-bond acceptors (Lipinski definition) is 4. The second kappa shape index (κ2) is 6.32.